The second kappa shape index (κ2) is 5.39. The van der Waals surface area contributed by atoms with Crippen LogP contribution in [0.3, 0.4) is 0 Å². The van der Waals surface area contributed by atoms with Crippen molar-refractivity contribution in [2.75, 3.05) is 0 Å². The van der Waals surface area contributed by atoms with Crippen molar-refractivity contribution in [2.45, 2.75) is 19.9 Å². The maximum absolute atomic E-state index is 13.6. The Labute approximate surface area is 118 Å². The van der Waals surface area contributed by atoms with E-state index in [0.29, 0.717) is 17.9 Å². The second-order valence-electron chi connectivity index (χ2n) is 4.37. The Hall–Kier alpha value is -2.64. The van der Waals surface area contributed by atoms with Gasteiger partial charge in [-0.1, -0.05) is 23.4 Å². The molecule has 0 radical (unpaired) electrons. The molecule has 0 N–H and O–H groups in total. The normalized spacial score (nSPS) is 11.0. The third-order valence-corrected chi connectivity index (χ3v) is 2.92. The highest BCUT2D eigenvalue weighted by molar-refractivity contribution is 5.43. The van der Waals surface area contributed by atoms with Crippen LogP contribution in [0.2, 0.25) is 0 Å². The second-order valence-corrected chi connectivity index (χ2v) is 4.37. The van der Waals surface area contributed by atoms with Crippen molar-refractivity contribution in [1.82, 2.24) is 25.1 Å². The molecule has 0 saturated heterocycles. The van der Waals surface area contributed by atoms with Gasteiger partial charge in [0.1, 0.15) is 11.6 Å². The topological polar surface area (TPSA) is 69.6 Å². The first-order chi connectivity index (χ1) is 10.2. The summed E-state index contributed by atoms with van der Waals surface area (Å²) in [6.07, 6.45) is 2.14. The lowest BCUT2D eigenvalue weighted by Crippen LogP contribution is -2.05. The molecule has 0 spiro atoms. The van der Waals surface area contributed by atoms with Crippen LogP contribution in [0.15, 0.2) is 28.9 Å². The smallest absolute Gasteiger partial charge is 0.280 e. The van der Waals surface area contributed by atoms with Gasteiger partial charge in [0.2, 0.25) is 0 Å². The molecule has 0 unspecified atom stereocenters. The molecule has 2 heterocycles. The van der Waals surface area contributed by atoms with Crippen molar-refractivity contribution >= 4 is 0 Å². The van der Waals surface area contributed by atoms with Gasteiger partial charge in [0, 0.05) is 12.0 Å². The number of halogens is 2. The summed E-state index contributed by atoms with van der Waals surface area (Å²) in [7, 11) is 0. The largest absolute Gasteiger partial charge is 0.332 e. The summed E-state index contributed by atoms with van der Waals surface area (Å²) < 4.78 is 33.5. The highest BCUT2D eigenvalue weighted by Crippen LogP contribution is 2.16. The third kappa shape index (κ3) is 2.64. The minimum atomic E-state index is -0.627. The fraction of sp³-hybridized carbons (Fsp3) is 0.231. The lowest BCUT2D eigenvalue weighted by Gasteiger charge is -2.03. The van der Waals surface area contributed by atoms with Crippen LogP contribution < -0.4 is 0 Å². The monoisotopic (exact) mass is 291 g/mol. The molecular weight excluding hydrogens is 280 g/mol. The van der Waals surface area contributed by atoms with Crippen LogP contribution in [0.4, 0.5) is 8.78 Å². The van der Waals surface area contributed by atoms with Gasteiger partial charge in [-0.3, -0.25) is 0 Å². The minimum Gasteiger partial charge on any atom is -0.332 e. The summed E-state index contributed by atoms with van der Waals surface area (Å²) in [5.41, 5.74) is 0.285. The summed E-state index contributed by atoms with van der Waals surface area (Å²) in [5, 5.41) is 11.4. The first-order valence-electron chi connectivity index (χ1n) is 6.33. The third-order valence-electron chi connectivity index (χ3n) is 2.92. The Morgan fingerprint density at radius 3 is 2.67 bits per heavy atom. The SMILES string of the molecule is CCc1noc(-c2cn(Cc3c(F)cccc3F)nn2)n1. The maximum atomic E-state index is 13.6. The molecule has 3 aromatic rings. The molecule has 0 aliphatic carbocycles. The van der Waals surface area contributed by atoms with Gasteiger partial charge in [0.05, 0.1) is 12.7 Å². The fourth-order valence-corrected chi connectivity index (χ4v) is 1.82. The molecule has 3 rings (SSSR count). The molecule has 0 bridgehead atoms. The fourth-order valence-electron chi connectivity index (χ4n) is 1.82. The van der Waals surface area contributed by atoms with Gasteiger partial charge in [-0.25, -0.2) is 13.5 Å². The van der Waals surface area contributed by atoms with Gasteiger partial charge in [0.15, 0.2) is 11.5 Å². The van der Waals surface area contributed by atoms with Gasteiger partial charge < -0.3 is 4.52 Å². The zero-order valence-corrected chi connectivity index (χ0v) is 11.1. The van der Waals surface area contributed by atoms with Gasteiger partial charge in [0.25, 0.3) is 5.89 Å². The first kappa shape index (κ1) is 13.3. The Morgan fingerprint density at radius 1 is 1.24 bits per heavy atom. The molecule has 0 aliphatic heterocycles. The summed E-state index contributed by atoms with van der Waals surface area (Å²) in [6, 6.07) is 3.70. The van der Waals surface area contributed by atoms with E-state index in [1.807, 2.05) is 6.92 Å². The zero-order valence-electron chi connectivity index (χ0n) is 11.1. The molecule has 1 aromatic carbocycles. The van der Waals surface area contributed by atoms with Crippen LogP contribution in [-0.2, 0) is 13.0 Å². The molecule has 0 saturated carbocycles. The molecule has 21 heavy (non-hydrogen) atoms. The lowest BCUT2D eigenvalue weighted by molar-refractivity contribution is 0.422. The Morgan fingerprint density at radius 2 is 2.00 bits per heavy atom. The number of aromatic nitrogens is 5. The van der Waals surface area contributed by atoms with Crippen molar-refractivity contribution in [3.63, 3.8) is 0 Å². The Balaban J connectivity index is 1.85. The van der Waals surface area contributed by atoms with E-state index in [2.05, 4.69) is 20.5 Å². The summed E-state index contributed by atoms with van der Waals surface area (Å²) >= 11 is 0. The van der Waals surface area contributed by atoms with Crippen molar-refractivity contribution < 1.29 is 13.3 Å². The minimum absolute atomic E-state index is 0.0692. The Kier molecular flexibility index (Phi) is 3.43. The van der Waals surface area contributed by atoms with Crippen molar-refractivity contribution in [1.29, 1.82) is 0 Å². The Bertz CT molecular complexity index is 747. The van der Waals surface area contributed by atoms with Crippen molar-refractivity contribution in [2.24, 2.45) is 0 Å². The quantitative estimate of drug-likeness (QED) is 0.737. The molecule has 0 amide bonds. The van der Waals surface area contributed by atoms with E-state index in [1.165, 1.54) is 29.1 Å². The molecule has 0 fully saturated rings. The van der Waals surface area contributed by atoms with Crippen LogP contribution >= 0.6 is 0 Å². The number of rotatable bonds is 4. The van der Waals surface area contributed by atoms with Crippen molar-refractivity contribution in [3.8, 4) is 11.6 Å². The highest BCUT2D eigenvalue weighted by atomic mass is 19.1. The molecule has 8 heteroatoms. The first-order valence-corrected chi connectivity index (χ1v) is 6.33. The highest BCUT2D eigenvalue weighted by Gasteiger charge is 2.14. The van der Waals surface area contributed by atoms with Gasteiger partial charge in [-0.2, -0.15) is 4.98 Å². The van der Waals surface area contributed by atoms with Gasteiger partial charge in [-0.15, -0.1) is 5.10 Å². The van der Waals surface area contributed by atoms with Crippen LogP contribution in [0.1, 0.15) is 18.3 Å². The van der Waals surface area contributed by atoms with E-state index in [0.717, 1.165) is 0 Å². The lowest BCUT2D eigenvalue weighted by atomic mass is 10.2. The molecule has 108 valence electrons. The van der Waals surface area contributed by atoms with E-state index in [1.54, 1.807) is 0 Å². The number of aryl methyl sites for hydroxylation is 1. The van der Waals surface area contributed by atoms with E-state index in [-0.39, 0.29) is 18.0 Å². The van der Waals surface area contributed by atoms with Gasteiger partial charge >= 0.3 is 0 Å². The average Bonchev–Trinajstić information content (AvgIpc) is 3.11. The van der Waals surface area contributed by atoms with Crippen LogP contribution in [-0.4, -0.2) is 25.1 Å². The predicted molar refractivity (Wildman–Crippen MR) is 68.2 cm³/mol. The molecule has 0 atom stereocenters. The summed E-state index contributed by atoms with van der Waals surface area (Å²) in [4.78, 5) is 4.11. The number of hydrogen-bond donors (Lipinski definition) is 0. The van der Waals surface area contributed by atoms with E-state index in [9.17, 15) is 8.78 Å². The zero-order chi connectivity index (χ0) is 14.8. The molecule has 6 nitrogen and oxygen atoms in total. The average molecular weight is 291 g/mol. The number of nitrogens with zero attached hydrogens (tertiary/aromatic N) is 5. The van der Waals surface area contributed by atoms with E-state index in [4.69, 9.17) is 4.52 Å². The summed E-state index contributed by atoms with van der Waals surface area (Å²) in [5.74, 6) is -0.469. The molecule has 2 aromatic heterocycles. The van der Waals surface area contributed by atoms with Crippen LogP contribution in [0, 0.1) is 11.6 Å². The van der Waals surface area contributed by atoms with E-state index < -0.39 is 11.6 Å². The summed E-state index contributed by atoms with van der Waals surface area (Å²) in [6.45, 7) is 1.83. The number of benzene rings is 1. The van der Waals surface area contributed by atoms with Crippen molar-refractivity contribution in [3.05, 3.63) is 47.4 Å². The number of hydrogen-bond acceptors (Lipinski definition) is 5. The maximum Gasteiger partial charge on any atom is 0.280 e. The van der Waals surface area contributed by atoms with Crippen LogP contribution in [0.5, 0.6) is 0 Å². The van der Waals surface area contributed by atoms with Crippen LogP contribution in [0.25, 0.3) is 11.6 Å². The predicted octanol–water partition coefficient (Wildman–Crippen LogP) is 2.22. The molecular formula is C13H11F2N5O. The molecule has 0 aliphatic rings. The van der Waals surface area contributed by atoms with E-state index >= 15 is 0 Å². The van der Waals surface area contributed by atoms with Gasteiger partial charge in [-0.05, 0) is 12.1 Å². The standard InChI is InChI=1S/C13H11F2N5O/c1-2-12-16-13(21-18-12)11-7-20(19-17-11)6-8-9(14)4-3-5-10(8)15/h3-5,7H,2,6H2,1H3.